The Labute approximate surface area is 134 Å². The van der Waals surface area contributed by atoms with Crippen LogP contribution in [0.15, 0.2) is 24.3 Å². The van der Waals surface area contributed by atoms with Crippen LogP contribution in [0, 0.1) is 0 Å². The van der Waals surface area contributed by atoms with E-state index in [1.165, 1.54) is 31.2 Å². The van der Waals surface area contributed by atoms with E-state index in [0.29, 0.717) is 12.1 Å². The molecule has 0 aliphatic heterocycles. The highest BCUT2D eigenvalue weighted by atomic mass is 16.1. The molecule has 0 saturated heterocycles. The van der Waals surface area contributed by atoms with Gasteiger partial charge in [-0.05, 0) is 69.2 Å². The lowest BCUT2D eigenvalue weighted by molar-refractivity contribution is 0.0933. The Hall–Kier alpha value is -1.35. The molecule has 2 atom stereocenters. The Kier molecular flexibility index (Phi) is 6.91. The van der Waals surface area contributed by atoms with E-state index in [4.69, 9.17) is 0 Å². The average Bonchev–Trinajstić information content (AvgIpc) is 2.78. The van der Waals surface area contributed by atoms with E-state index in [9.17, 15) is 4.79 Å². The Balaban J connectivity index is 1.86. The highest BCUT2D eigenvalue weighted by Gasteiger charge is 2.20. The van der Waals surface area contributed by atoms with Crippen LogP contribution in [0.25, 0.3) is 0 Å². The molecule has 2 N–H and O–H groups in total. The van der Waals surface area contributed by atoms with E-state index in [0.717, 1.165) is 31.4 Å². The minimum atomic E-state index is 0.0836. The first kappa shape index (κ1) is 17.0. The molecule has 1 amide bonds. The van der Waals surface area contributed by atoms with Gasteiger partial charge in [-0.3, -0.25) is 4.79 Å². The summed E-state index contributed by atoms with van der Waals surface area (Å²) in [6.07, 6.45) is 7.93. The molecule has 0 aromatic heterocycles. The van der Waals surface area contributed by atoms with Crippen molar-refractivity contribution in [3.63, 3.8) is 0 Å². The number of hydrogen-bond acceptors (Lipinski definition) is 2. The highest BCUT2D eigenvalue weighted by Crippen LogP contribution is 2.19. The lowest BCUT2D eigenvalue weighted by atomic mass is 10.1. The van der Waals surface area contributed by atoms with Crippen molar-refractivity contribution >= 4 is 5.91 Å². The standard InChI is InChI=1S/C19H30N2O/c1-3-13-20-17-9-6-10-18(12-11-17)21-19(22)16-8-5-7-15(4-2)14-16/h5,7-8,14,17-18,20H,3-4,6,9-13H2,1-2H3,(H,21,22). The monoisotopic (exact) mass is 302 g/mol. The average molecular weight is 302 g/mol. The summed E-state index contributed by atoms with van der Waals surface area (Å²) in [5.74, 6) is 0.0836. The van der Waals surface area contributed by atoms with Crippen LogP contribution in [0.1, 0.15) is 68.3 Å². The summed E-state index contributed by atoms with van der Waals surface area (Å²) in [5, 5.41) is 6.86. The number of amides is 1. The third kappa shape index (κ3) is 5.13. The van der Waals surface area contributed by atoms with Crippen LogP contribution in [-0.4, -0.2) is 24.5 Å². The van der Waals surface area contributed by atoms with Crippen LogP contribution in [0.4, 0.5) is 0 Å². The molecule has 1 saturated carbocycles. The second kappa shape index (κ2) is 8.94. The van der Waals surface area contributed by atoms with Crippen molar-refractivity contribution in [1.29, 1.82) is 0 Å². The van der Waals surface area contributed by atoms with Crippen LogP contribution in [0.2, 0.25) is 0 Å². The zero-order chi connectivity index (χ0) is 15.8. The topological polar surface area (TPSA) is 41.1 Å². The van der Waals surface area contributed by atoms with Gasteiger partial charge < -0.3 is 10.6 Å². The summed E-state index contributed by atoms with van der Waals surface area (Å²) in [6, 6.07) is 8.93. The van der Waals surface area contributed by atoms with Gasteiger partial charge in [-0.1, -0.05) is 26.0 Å². The van der Waals surface area contributed by atoms with Crippen molar-refractivity contribution in [2.24, 2.45) is 0 Å². The summed E-state index contributed by atoms with van der Waals surface area (Å²) in [5.41, 5.74) is 2.02. The molecular weight excluding hydrogens is 272 g/mol. The zero-order valence-electron chi connectivity index (χ0n) is 14.0. The van der Waals surface area contributed by atoms with Crippen molar-refractivity contribution < 1.29 is 4.79 Å². The maximum Gasteiger partial charge on any atom is 0.251 e. The van der Waals surface area contributed by atoms with Gasteiger partial charge in [0.2, 0.25) is 0 Å². The number of nitrogens with one attached hydrogen (secondary N) is 2. The maximum absolute atomic E-state index is 12.4. The third-order valence-corrected chi connectivity index (χ3v) is 4.58. The molecule has 1 fully saturated rings. The van der Waals surface area contributed by atoms with Gasteiger partial charge in [0.25, 0.3) is 5.91 Å². The number of carbonyl (C=O) groups is 1. The van der Waals surface area contributed by atoms with Gasteiger partial charge in [-0.25, -0.2) is 0 Å². The zero-order valence-corrected chi connectivity index (χ0v) is 14.0. The van der Waals surface area contributed by atoms with E-state index in [1.54, 1.807) is 0 Å². The summed E-state index contributed by atoms with van der Waals surface area (Å²) in [6.45, 7) is 5.43. The predicted molar refractivity (Wildman–Crippen MR) is 92.2 cm³/mol. The number of hydrogen-bond donors (Lipinski definition) is 2. The SMILES string of the molecule is CCCNC1CCCC(NC(=O)c2cccc(CC)c2)CC1. The molecule has 1 aromatic carbocycles. The van der Waals surface area contributed by atoms with Crippen molar-refractivity contribution in [3.05, 3.63) is 35.4 Å². The second-order valence-electron chi connectivity index (χ2n) is 6.38. The van der Waals surface area contributed by atoms with Gasteiger partial charge in [0.1, 0.15) is 0 Å². The number of rotatable bonds is 6. The fourth-order valence-corrected chi connectivity index (χ4v) is 3.20. The fourth-order valence-electron chi connectivity index (χ4n) is 3.20. The van der Waals surface area contributed by atoms with Gasteiger partial charge in [0.15, 0.2) is 0 Å². The van der Waals surface area contributed by atoms with Crippen LogP contribution < -0.4 is 10.6 Å². The Bertz CT molecular complexity index is 472. The summed E-state index contributed by atoms with van der Waals surface area (Å²) in [4.78, 5) is 12.4. The van der Waals surface area contributed by atoms with E-state index >= 15 is 0 Å². The van der Waals surface area contributed by atoms with Gasteiger partial charge in [0.05, 0.1) is 0 Å². The molecule has 0 radical (unpaired) electrons. The molecule has 122 valence electrons. The van der Waals surface area contributed by atoms with E-state index < -0.39 is 0 Å². The molecule has 22 heavy (non-hydrogen) atoms. The first-order valence-corrected chi connectivity index (χ1v) is 8.86. The molecule has 0 heterocycles. The molecule has 2 rings (SSSR count). The maximum atomic E-state index is 12.4. The van der Waals surface area contributed by atoms with Gasteiger partial charge >= 0.3 is 0 Å². The van der Waals surface area contributed by atoms with Crippen LogP contribution in [0.3, 0.4) is 0 Å². The number of benzene rings is 1. The number of carbonyl (C=O) groups excluding carboxylic acids is 1. The minimum absolute atomic E-state index is 0.0836. The Morgan fingerprint density at radius 1 is 1.14 bits per heavy atom. The first-order valence-electron chi connectivity index (χ1n) is 8.86. The highest BCUT2D eigenvalue weighted by molar-refractivity contribution is 5.94. The molecule has 2 unspecified atom stereocenters. The van der Waals surface area contributed by atoms with Gasteiger partial charge in [0, 0.05) is 17.6 Å². The van der Waals surface area contributed by atoms with E-state index in [2.05, 4.69) is 30.5 Å². The molecule has 1 aromatic rings. The summed E-state index contributed by atoms with van der Waals surface area (Å²) < 4.78 is 0. The van der Waals surface area contributed by atoms with E-state index in [-0.39, 0.29) is 5.91 Å². The van der Waals surface area contributed by atoms with Crippen molar-refractivity contribution in [3.8, 4) is 0 Å². The second-order valence-corrected chi connectivity index (χ2v) is 6.38. The van der Waals surface area contributed by atoms with Crippen molar-refractivity contribution in [2.75, 3.05) is 6.54 Å². The molecule has 0 bridgehead atoms. The summed E-state index contributed by atoms with van der Waals surface area (Å²) in [7, 11) is 0. The number of aryl methyl sites for hydroxylation is 1. The smallest absolute Gasteiger partial charge is 0.251 e. The normalized spacial score (nSPS) is 22.1. The molecule has 0 spiro atoms. The van der Waals surface area contributed by atoms with Crippen LogP contribution >= 0.6 is 0 Å². The Morgan fingerprint density at radius 2 is 1.91 bits per heavy atom. The Morgan fingerprint density at radius 3 is 2.68 bits per heavy atom. The first-order chi connectivity index (χ1) is 10.7. The molecular formula is C19H30N2O. The fraction of sp³-hybridized carbons (Fsp3) is 0.632. The molecule has 3 heteroatoms. The predicted octanol–water partition coefficient (Wildman–Crippen LogP) is 3.68. The van der Waals surface area contributed by atoms with E-state index in [1.807, 2.05) is 18.2 Å². The third-order valence-electron chi connectivity index (χ3n) is 4.58. The molecule has 3 nitrogen and oxygen atoms in total. The van der Waals surface area contributed by atoms with Crippen molar-refractivity contribution in [1.82, 2.24) is 10.6 Å². The van der Waals surface area contributed by atoms with Crippen LogP contribution in [-0.2, 0) is 6.42 Å². The quantitative estimate of drug-likeness (QED) is 0.787. The van der Waals surface area contributed by atoms with Crippen molar-refractivity contribution in [2.45, 2.75) is 70.9 Å². The lowest BCUT2D eigenvalue weighted by Crippen LogP contribution is -2.35. The van der Waals surface area contributed by atoms with Crippen LogP contribution in [0.5, 0.6) is 0 Å². The van der Waals surface area contributed by atoms with Gasteiger partial charge in [-0.15, -0.1) is 0 Å². The van der Waals surface area contributed by atoms with Gasteiger partial charge in [-0.2, -0.15) is 0 Å². The largest absolute Gasteiger partial charge is 0.349 e. The molecule has 1 aliphatic carbocycles. The minimum Gasteiger partial charge on any atom is -0.349 e. The lowest BCUT2D eigenvalue weighted by Gasteiger charge is -2.18. The summed E-state index contributed by atoms with van der Waals surface area (Å²) >= 11 is 0. The molecule has 1 aliphatic rings.